The Kier molecular flexibility index (Phi) is 5.49. The monoisotopic (exact) mass is 289 g/mol. The second-order valence-corrected chi connectivity index (χ2v) is 6.12. The molecule has 0 unspecified atom stereocenters. The average molecular weight is 289 g/mol. The van der Waals surface area contributed by atoms with Crippen molar-refractivity contribution in [3.05, 3.63) is 11.8 Å². The molecular weight excluding hydrogens is 270 g/mol. The van der Waals surface area contributed by atoms with Crippen LogP contribution in [0.15, 0.2) is 11.2 Å². The zero-order valence-corrected chi connectivity index (χ0v) is 12.1. The Morgan fingerprint density at radius 3 is 2.79 bits per heavy atom. The van der Waals surface area contributed by atoms with E-state index in [0.717, 1.165) is 6.20 Å². The predicted molar refractivity (Wildman–Crippen MR) is 69.2 cm³/mol. The molecule has 0 aliphatic rings. The van der Waals surface area contributed by atoms with Crippen molar-refractivity contribution in [3.8, 4) is 0 Å². The molecule has 108 valence electrons. The summed E-state index contributed by atoms with van der Waals surface area (Å²) in [5, 5.41) is 5.66. The van der Waals surface area contributed by atoms with E-state index >= 15 is 0 Å². The first kappa shape index (κ1) is 15.6. The molecule has 0 amide bonds. The lowest BCUT2D eigenvalue weighted by atomic mass is 10.1. The van der Waals surface area contributed by atoms with E-state index in [0.29, 0.717) is 18.9 Å². The number of nitrogens with one attached hydrogen (secondary N) is 2. The minimum absolute atomic E-state index is 0.0844. The number of sulfonamides is 1. The van der Waals surface area contributed by atoms with Gasteiger partial charge in [0.1, 0.15) is 5.56 Å². The first-order valence-electron chi connectivity index (χ1n) is 6.08. The maximum absolute atomic E-state index is 12.0. The Morgan fingerprint density at radius 1 is 1.53 bits per heavy atom. The van der Waals surface area contributed by atoms with Crippen LogP contribution in [-0.2, 0) is 14.8 Å². The highest BCUT2D eigenvalue weighted by Crippen LogP contribution is 2.13. The number of carbonyl (C=O) groups is 1. The minimum atomic E-state index is -3.78. The highest BCUT2D eigenvalue weighted by molar-refractivity contribution is 7.89. The number of aromatic nitrogens is 2. The lowest BCUT2D eigenvalue weighted by molar-refractivity contribution is 0.0522. The summed E-state index contributed by atoms with van der Waals surface area (Å²) in [6.07, 6.45) is 1.86. The molecule has 1 aromatic rings. The first-order valence-corrected chi connectivity index (χ1v) is 7.57. The van der Waals surface area contributed by atoms with Gasteiger partial charge in [-0.25, -0.2) is 17.9 Å². The van der Waals surface area contributed by atoms with E-state index in [1.807, 2.05) is 13.8 Å². The van der Waals surface area contributed by atoms with E-state index in [2.05, 4.69) is 14.9 Å². The summed E-state index contributed by atoms with van der Waals surface area (Å²) in [4.78, 5) is 11.6. The largest absolute Gasteiger partial charge is 0.462 e. The van der Waals surface area contributed by atoms with Crippen LogP contribution in [0.1, 0.15) is 37.6 Å². The van der Waals surface area contributed by atoms with Crippen LogP contribution in [0.25, 0.3) is 0 Å². The molecule has 0 atom stereocenters. The average Bonchev–Trinajstić information content (AvgIpc) is 2.78. The van der Waals surface area contributed by atoms with Crippen molar-refractivity contribution in [2.24, 2.45) is 5.92 Å². The number of nitrogens with zero attached hydrogens (tertiary/aromatic N) is 1. The second kappa shape index (κ2) is 6.67. The molecule has 0 aromatic carbocycles. The molecule has 0 radical (unpaired) electrons. The quantitative estimate of drug-likeness (QED) is 0.727. The summed E-state index contributed by atoms with van der Waals surface area (Å²) in [7, 11) is -3.78. The highest BCUT2D eigenvalue weighted by Gasteiger charge is 2.25. The van der Waals surface area contributed by atoms with Crippen molar-refractivity contribution in [1.82, 2.24) is 14.9 Å². The van der Waals surface area contributed by atoms with Crippen LogP contribution in [0.4, 0.5) is 0 Å². The van der Waals surface area contributed by atoms with Gasteiger partial charge in [-0.1, -0.05) is 13.8 Å². The number of H-pyrrole nitrogens is 1. The van der Waals surface area contributed by atoms with E-state index in [-0.39, 0.29) is 17.2 Å². The summed E-state index contributed by atoms with van der Waals surface area (Å²) < 4.78 is 31.2. The molecule has 1 rings (SSSR count). The van der Waals surface area contributed by atoms with Crippen molar-refractivity contribution in [3.63, 3.8) is 0 Å². The van der Waals surface area contributed by atoms with Gasteiger partial charge in [-0.05, 0) is 19.3 Å². The normalized spacial score (nSPS) is 11.8. The fourth-order valence-electron chi connectivity index (χ4n) is 1.39. The molecule has 0 aliphatic carbocycles. The molecule has 0 saturated carbocycles. The molecule has 7 nitrogen and oxygen atoms in total. The van der Waals surface area contributed by atoms with Gasteiger partial charge in [0.25, 0.3) is 10.0 Å². The fraction of sp³-hybridized carbons (Fsp3) is 0.636. The SMILES string of the molecule is CCOC(=O)c1cn[nH]c1S(=O)(=O)NCCC(C)C. The summed E-state index contributed by atoms with van der Waals surface area (Å²) in [5.74, 6) is -0.325. The maximum atomic E-state index is 12.0. The molecule has 2 N–H and O–H groups in total. The van der Waals surface area contributed by atoms with Gasteiger partial charge in [-0.3, -0.25) is 5.10 Å². The van der Waals surface area contributed by atoms with Crippen molar-refractivity contribution >= 4 is 16.0 Å². The van der Waals surface area contributed by atoms with Crippen molar-refractivity contribution in [2.45, 2.75) is 32.2 Å². The van der Waals surface area contributed by atoms with Crippen LogP contribution < -0.4 is 4.72 Å². The lowest BCUT2D eigenvalue weighted by Gasteiger charge is -2.08. The van der Waals surface area contributed by atoms with Gasteiger partial charge in [0, 0.05) is 6.54 Å². The van der Waals surface area contributed by atoms with Crippen molar-refractivity contribution < 1.29 is 17.9 Å². The minimum Gasteiger partial charge on any atom is -0.462 e. The van der Waals surface area contributed by atoms with Crippen LogP contribution in [0, 0.1) is 5.92 Å². The standard InChI is InChI=1S/C11H19N3O4S/c1-4-18-11(15)9-7-12-14-10(9)19(16,17)13-6-5-8(2)3/h7-8,13H,4-6H2,1-3H3,(H,12,14). The van der Waals surface area contributed by atoms with Crippen LogP contribution in [-0.4, -0.2) is 37.7 Å². The van der Waals surface area contributed by atoms with E-state index < -0.39 is 16.0 Å². The summed E-state index contributed by atoms with van der Waals surface area (Å²) in [5.41, 5.74) is -0.0844. The predicted octanol–water partition coefficient (Wildman–Crippen LogP) is 0.911. The Bertz CT molecular complexity index is 522. The van der Waals surface area contributed by atoms with E-state index in [1.165, 1.54) is 0 Å². The first-order chi connectivity index (χ1) is 8.88. The van der Waals surface area contributed by atoms with Crippen LogP contribution in [0.5, 0.6) is 0 Å². The van der Waals surface area contributed by atoms with Crippen molar-refractivity contribution in [2.75, 3.05) is 13.2 Å². The Labute approximate surface area is 112 Å². The number of carbonyl (C=O) groups excluding carboxylic acids is 1. The summed E-state index contributed by atoms with van der Waals surface area (Å²) in [6, 6.07) is 0. The number of hydrogen-bond acceptors (Lipinski definition) is 5. The van der Waals surface area contributed by atoms with E-state index in [4.69, 9.17) is 4.74 Å². The molecule has 0 aliphatic heterocycles. The Morgan fingerprint density at radius 2 is 2.21 bits per heavy atom. The fourth-order valence-corrected chi connectivity index (χ4v) is 2.52. The van der Waals surface area contributed by atoms with Gasteiger partial charge in [0.2, 0.25) is 0 Å². The van der Waals surface area contributed by atoms with Crippen LogP contribution in [0.3, 0.4) is 0 Å². The van der Waals surface area contributed by atoms with Gasteiger partial charge in [-0.15, -0.1) is 0 Å². The van der Waals surface area contributed by atoms with Gasteiger partial charge < -0.3 is 4.74 Å². The Balaban J connectivity index is 2.84. The third-order valence-electron chi connectivity index (χ3n) is 2.38. The molecule has 0 fully saturated rings. The number of ether oxygens (including phenoxy) is 1. The highest BCUT2D eigenvalue weighted by atomic mass is 32.2. The van der Waals surface area contributed by atoms with Gasteiger partial charge in [0.15, 0.2) is 5.03 Å². The molecule has 1 aromatic heterocycles. The molecule has 1 heterocycles. The van der Waals surface area contributed by atoms with Crippen molar-refractivity contribution in [1.29, 1.82) is 0 Å². The third-order valence-corrected chi connectivity index (χ3v) is 3.82. The second-order valence-electron chi connectivity index (χ2n) is 4.41. The molecule has 19 heavy (non-hydrogen) atoms. The van der Waals surface area contributed by atoms with Crippen LogP contribution in [0.2, 0.25) is 0 Å². The smallest absolute Gasteiger partial charge is 0.342 e. The summed E-state index contributed by atoms with van der Waals surface area (Å²) >= 11 is 0. The molecule has 0 saturated heterocycles. The third kappa shape index (κ3) is 4.32. The van der Waals surface area contributed by atoms with Gasteiger partial charge in [0.05, 0.1) is 12.8 Å². The molecule has 8 heteroatoms. The molecule has 0 spiro atoms. The number of hydrogen-bond donors (Lipinski definition) is 2. The number of rotatable bonds is 7. The number of esters is 1. The van der Waals surface area contributed by atoms with Gasteiger partial charge in [-0.2, -0.15) is 5.10 Å². The van der Waals surface area contributed by atoms with E-state index in [1.54, 1.807) is 6.92 Å². The number of aromatic amines is 1. The summed E-state index contributed by atoms with van der Waals surface area (Å²) in [6.45, 7) is 6.11. The molecular formula is C11H19N3O4S. The zero-order chi connectivity index (χ0) is 14.5. The zero-order valence-electron chi connectivity index (χ0n) is 11.3. The lowest BCUT2D eigenvalue weighted by Crippen LogP contribution is -2.27. The maximum Gasteiger partial charge on any atom is 0.342 e. The van der Waals surface area contributed by atoms with E-state index in [9.17, 15) is 13.2 Å². The van der Waals surface area contributed by atoms with Crippen LogP contribution >= 0.6 is 0 Å². The molecule has 0 bridgehead atoms. The van der Waals surface area contributed by atoms with Gasteiger partial charge >= 0.3 is 5.97 Å². The topological polar surface area (TPSA) is 101 Å². The Hall–Kier alpha value is -1.41.